The van der Waals surface area contributed by atoms with Gasteiger partial charge in [0.05, 0.1) is 16.6 Å². The standard InChI is InChI=1S/C27H31FN4O3/c28-20-9-10-22-23(17-20)30-26(29-22)19-11-15-32(16-12-19)27(34)21-7-3-4-8-24(21)35-18-25(33)31-13-5-1-2-6-14-31/h3-4,7-10,17,19H,1-2,5-6,11-16,18H2,(H,29,30). The van der Waals surface area contributed by atoms with E-state index in [1.165, 1.54) is 12.1 Å². The van der Waals surface area contributed by atoms with Gasteiger partial charge in [-0.15, -0.1) is 0 Å². The molecule has 0 aliphatic carbocycles. The molecule has 0 radical (unpaired) electrons. The van der Waals surface area contributed by atoms with E-state index in [9.17, 15) is 14.0 Å². The Labute approximate surface area is 204 Å². The number of halogens is 1. The summed E-state index contributed by atoms with van der Waals surface area (Å²) >= 11 is 0. The van der Waals surface area contributed by atoms with Gasteiger partial charge in [-0.05, 0) is 56.0 Å². The molecule has 0 saturated carbocycles. The lowest BCUT2D eigenvalue weighted by Gasteiger charge is -2.31. The summed E-state index contributed by atoms with van der Waals surface area (Å²) in [6, 6.07) is 11.7. The normalized spacial score (nSPS) is 17.4. The van der Waals surface area contributed by atoms with Crippen molar-refractivity contribution < 1.29 is 18.7 Å². The van der Waals surface area contributed by atoms with Crippen molar-refractivity contribution in [2.75, 3.05) is 32.8 Å². The van der Waals surface area contributed by atoms with Crippen LogP contribution in [0.5, 0.6) is 5.75 Å². The number of piperidine rings is 1. The smallest absolute Gasteiger partial charge is 0.260 e. The van der Waals surface area contributed by atoms with Crippen LogP contribution in [-0.4, -0.2) is 64.4 Å². The Morgan fingerprint density at radius 3 is 2.49 bits per heavy atom. The first-order chi connectivity index (χ1) is 17.1. The van der Waals surface area contributed by atoms with Gasteiger partial charge in [-0.25, -0.2) is 9.37 Å². The zero-order chi connectivity index (χ0) is 24.2. The Balaban J connectivity index is 1.20. The number of imidazole rings is 1. The summed E-state index contributed by atoms with van der Waals surface area (Å²) in [4.78, 5) is 37.5. The monoisotopic (exact) mass is 478 g/mol. The summed E-state index contributed by atoms with van der Waals surface area (Å²) in [7, 11) is 0. The second kappa shape index (κ2) is 10.5. The first-order valence-electron chi connectivity index (χ1n) is 12.5. The van der Waals surface area contributed by atoms with Gasteiger partial charge in [-0.3, -0.25) is 9.59 Å². The quantitative estimate of drug-likeness (QED) is 0.586. The first-order valence-corrected chi connectivity index (χ1v) is 12.5. The number of fused-ring (bicyclic) bond motifs is 1. The van der Waals surface area contributed by atoms with Gasteiger partial charge in [0.2, 0.25) is 0 Å². The van der Waals surface area contributed by atoms with Crippen LogP contribution in [0.2, 0.25) is 0 Å². The second-order valence-electron chi connectivity index (χ2n) is 9.43. The molecule has 8 heteroatoms. The fraction of sp³-hybridized carbons (Fsp3) is 0.444. The zero-order valence-corrected chi connectivity index (χ0v) is 19.8. The Morgan fingerprint density at radius 1 is 0.971 bits per heavy atom. The van der Waals surface area contributed by atoms with Crippen LogP contribution in [0.15, 0.2) is 42.5 Å². The number of nitrogens with one attached hydrogen (secondary N) is 1. The van der Waals surface area contributed by atoms with Gasteiger partial charge in [0.15, 0.2) is 6.61 Å². The molecule has 1 N–H and O–H groups in total. The molecule has 3 heterocycles. The average Bonchev–Trinajstić information content (AvgIpc) is 3.11. The molecule has 2 aliphatic heterocycles. The number of ether oxygens (including phenoxy) is 1. The van der Waals surface area contributed by atoms with Crippen molar-refractivity contribution in [2.45, 2.75) is 44.4 Å². The van der Waals surface area contributed by atoms with Crippen LogP contribution in [0.3, 0.4) is 0 Å². The number of carbonyl (C=O) groups is 2. The number of aromatic amines is 1. The number of H-pyrrole nitrogens is 1. The van der Waals surface area contributed by atoms with Gasteiger partial charge >= 0.3 is 0 Å². The van der Waals surface area contributed by atoms with E-state index in [4.69, 9.17) is 4.74 Å². The van der Waals surface area contributed by atoms with Crippen molar-refractivity contribution in [3.05, 3.63) is 59.7 Å². The van der Waals surface area contributed by atoms with Crippen molar-refractivity contribution in [1.82, 2.24) is 19.8 Å². The Hall–Kier alpha value is -3.42. The van der Waals surface area contributed by atoms with Crippen molar-refractivity contribution in [3.8, 4) is 5.75 Å². The van der Waals surface area contributed by atoms with Crippen molar-refractivity contribution in [1.29, 1.82) is 0 Å². The molecule has 5 rings (SSSR count). The number of hydrogen-bond donors (Lipinski definition) is 1. The molecule has 2 saturated heterocycles. The maximum absolute atomic E-state index is 13.5. The summed E-state index contributed by atoms with van der Waals surface area (Å²) in [6.07, 6.45) is 5.92. The highest BCUT2D eigenvalue weighted by molar-refractivity contribution is 5.97. The van der Waals surface area contributed by atoms with Crippen molar-refractivity contribution >= 4 is 22.8 Å². The molecular weight excluding hydrogens is 447 g/mol. The molecule has 35 heavy (non-hydrogen) atoms. The minimum Gasteiger partial charge on any atom is -0.483 e. The predicted molar refractivity (Wildman–Crippen MR) is 131 cm³/mol. The third-order valence-corrected chi connectivity index (χ3v) is 7.06. The third-order valence-electron chi connectivity index (χ3n) is 7.06. The lowest BCUT2D eigenvalue weighted by atomic mass is 9.95. The molecule has 0 spiro atoms. The van der Waals surface area contributed by atoms with E-state index in [-0.39, 0.29) is 30.2 Å². The molecular formula is C27H31FN4O3. The lowest BCUT2D eigenvalue weighted by Crippen LogP contribution is -2.38. The fourth-order valence-corrected chi connectivity index (χ4v) is 5.04. The highest BCUT2D eigenvalue weighted by Gasteiger charge is 2.28. The number of amides is 2. The van der Waals surface area contributed by atoms with Crippen molar-refractivity contribution in [3.63, 3.8) is 0 Å². The van der Waals surface area contributed by atoms with Crippen LogP contribution in [0, 0.1) is 5.82 Å². The van der Waals surface area contributed by atoms with E-state index >= 15 is 0 Å². The van der Waals surface area contributed by atoms with Crippen LogP contribution in [-0.2, 0) is 4.79 Å². The second-order valence-corrected chi connectivity index (χ2v) is 9.43. The van der Waals surface area contributed by atoms with E-state index < -0.39 is 0 Å². The number of likely N-dealkylation sites (tertiary alicyclic amines) is 2. The summed E-state index contributed by atoms with van der Waals surface area (Å²) in [6.45, 7) is 2.68. The molecule has 0 bridgehead atoms. The molecule has 0 unspecified atom stereocenters. The summed E-state index contributed by atoms with van der Waals surface area (Å²) in [5, 5.41) is 0. The van der Waals surface area contributed by atoms with Crippen LogP contribution in [0.25, 0.3) is 11.0 Å². The maximum atomic E-state index is 13.5. The molecule has 2 aromatic carbocycles. The van der Waals surface area contributed by atoms with E-state index in [1.807, 2.05) is 21.9 Å². The molecule has 2 aliphatic rings. The highest BCUT2D eigenvalue weighted by Crippen LogP contribution is 2.30. The van der Waals surface area contributed by atoms with E-state index in [1.54, 1.807) is 18.2 Å². The molecule has 0 atom stereocenters. The van der Waals surface area contributed by atoms with Gasteiger partial charge in [0.25, 0.3) is 11.8 Å². The number of benzene rings is 2. The van der Waals surface area contributed by atoms with E-state index in [0.29, 0.717) is 29.9 Å². The number of aromatic nitrogens is 2. The molecule has 2 fully saturated rings. The SMILES string of the molecule is O=C(COc1ccccc1C(=O)N1CCC(c2nc3ccc(F)cc3[nH]2)CC1)N1CCCCCC1. The minimum absolute atomic E-state index is 0.0271. The van der Waals surface area contributed by atoms with Crippen molar-refractivity contribution in [2.24, 2.45) is 0 Å². The fourth-order valence-electron chi connectivity index (χ4n) is 5.04. The number of carbonyl (C=O) groups excluding carboxylic acids is 2. The zero-order valence-electron chi connectivity index (χ0n) is 19.8. The van der Waals surface area contributed by atoms with Gasteiger partial charge in [-0.2, -0.15) is 0 Å². The molecule has 3 aromatic rings. The van der Waals surface area contributed by atoms with Crippen LogP contribution in [0.1, 0.15) is 60.6 Å². The Kier molecular flexibility index (Phi) is 6.97. The minimum atomic E-state index is -0.290. The number of para-hydroxylation sites is 1. The van der Waals surface area contributed by atoms with Crippen LogP contribution >= 0.6 is 0 Å². The van der Waals surface area contributed by atoms with Gasteiger partial charge in [-0.1, -0.05) is 25.0 Å². The average molecular weight is 479 g/mol. The third kappa shape index (κ3) is 5.31. The van der Waals surface area contributed by atoms with Gasteiger partial charge in [0, 0.05) is 32.1 Å². The summed E-state index contributed by atoms with van der Waals surface area (Å²) in [5.74, 6) is 1.07. The number of rotatable bonds is 5. The molecule has 2 amide bonds. The van der Waals surface area contributed by atoms with Gasteiger partial charge < -0.3 is 19.5 Å². The van der Waals surface area contributed by atoms with Crippen LogP contribution in [0.4, 0.5) is 4.39 Å². The number of hydrogen-bond acceptors (Lipinski definition) is 4. The van der Waals surface area contributed by atoms with E-state index in [0.717, 1.165) is 63.0 Å². The summed E-state index contributed by atoms with van der Waals surface area (Å²) in [5.41, 5.74) is 1.92. The Morgan fingerprint density at radius 2 is 1.71 bits per heavy atom. The lowest BCUT2D eigenvalue weighted by molar-refractivity contribution is -0.133. The number of nitrogens with zero attached hydrogens (tertiary/aromatic N) is 3. The maximum Gasteiger partial charge on any atom is 0.260 e. The predicted octanol–water partition coefficient (Wildman–Crippen LogP) is 4.50. The topological polar surface area (TPSA) is 78.5 Å². The van der Waals surface area contributed by atoms with Gasteiger partial charge in [0.1, 0.15) is 17.4 Å². The van der Waals surface area contributed by atoms with Crippen LogP contribution < -0.4 is 4.74 Å². The molecule has 7 nitrogen and oxygen atoms in total. The molecule has 1 aromatic heterocycles. The molecule has 184 valence electrons. The van der Waals surface area contributed by atoms with E-state index in [2.05, 4.69) is 9.97 Å². The largest absolute Gasteiger partial charge is 0.483 e. The first kappa shape index (κ1) is 23.3. The Bertz CT molecular complexity index is 1190. The summed E-state index contributed by atoms with van der Waals surface area (Å²) < 4.78 is 19.4. The highest BCUT2D eigenvalue weighted by atomic mass is 19.1.